The van der Waals surface area contributed by atoms with Crippen LogP contribution >= 0.6 is 0 Å². The van der Waals surface area contributed by atoms with Crippen molar-refractivity contribution in [2.45, 2.75) is 6.92 Å². The maximum Gasteiger partial charge on any atom is 0.231 e. The van der Waals surface area contributed by atoms with Gasteiger partial charge in [0.1, 0.15) is 11.6 Å². The molecule has 0 unspecified atom stereocenters. The Morgan fingerprint density at radius 2 is 1.65 bits per heavy atom. The van der Waals surface area contributed by atoms with E-state index in [0.29, 0.717) is 17.2 Å². The molecule has 8 heteroatoms. The molecule has 0 aliphatic heterocycles. The summed E-state index contributed by atoms with van der Waals surface area (Å²) in [6.45, 7) is 1.90. The van der Waals surface area contributed by atoms with E-state index in [1.54, 1.807) is 30.6 Å². The molecule has 0 spiro atoms. The third-order valence-electron chi connectivity index (χ3n) is 5.12. The first-order valence-corrected chi connectivity index (χ1v) is 11.4. The molecule has 0 amide bonds. The zero-order valence-electron chi connectivity index (χ0n) is 17.3. The number of anilines is 1. The SMILES string of the molecule is Cc1cc(N(C)S(C)(=O)=O)ccc1-c1nc(-c2ccc(F)cc2)c(-c2ccncc2)[nH]1. The van der Waals surface area contributed by atoms with Crippen LogP contribution < -0.4 is 4.31 Å². The van der Waals surface area contributed by atoms with E-state index in [0.717, 1.165) is 27.9 Å². The van der Waals surface area contributed by atoms with Crippen molar-refractivity contribution in [1.82, 2.24) is 15.0 Å². The molecule has 158 valence electrons. The lowest BCUT2D eigenvalue weighted by Gasteiger charge is -2.17. The lowest BCUT2D eigenvalue weighted by molar-refractivity contribution is 0.600. The Morgan fingerprint density at radius 1 is 0.968 bits per heavy atom. The van der Waals surface area contributed by atoms with Gasteiger partial charge < -0.3 is 4.98 Å². The van der Waals surface area contributed by atoms with Crippen molar-refractivity contribution in [3.63, 3.8) is 0 Å². The summed E-state index contributed by atoms with van der Waals surface area (Å²) in [5.41, 5.74) is 5.45. The number of nitrogens with one attached hydrogen (secondary N) is 1. The average Bonchev–Trinajstić information content (AvgIpc) is 3.18. The number of halogens is 1. The number of H-pyrrole nitrogens is 1. The monoisotopic (exact) mass is 436 g/mol. The minimum atomic E-state index is -3.35. The van der Waals surface area contributed by atoms with Crippen molar-refractivity contribution in [3.05, 3.63) is 78.4 Å². The van der Waals surface area contributed by atoms with Gasteiger partial charge in [0.2, 0.25) is 10.0 Å². The first-order valence-electron chi connectivity index (χ1n) is 9.55. The number of benzene rings is 2. The molecule has 0 fully saturated rings. The lowest BCUT2D eigenvalue weighted by atomic mass is 10.1. The Morgan fingerprint density at radius 3 is 2.26 bits per heavy atom. The lowest BCUT2D eigenvalue weighted by Crippen LogP contribution is -2.24. The van der Waals surface area contributed by atoms with Gasteiger partial charge >= 0.3 is 0 Å². The zero-order valence-corrected chi connectivity index (χ0v) is 18.1. The molecule has 0 radical (unpaired) electrons. The molecule has 2 heterocycles. The summed E-state index contributed by atoms with van der Waals surface area (Å²) < 4.78 is 38.4. The molecular formula is C23H21FN4O2S. The summed E-state index contributed by atoms with van der Waals surface area (Å²) in [5.74, 6) is 0.323. The van der Waals surface area contributed by atoms with Crippen molar-refractivity contribution in [2.75, 3.05) is 17.6 Å². The highest BCUT2D eigenvalue weighted by molar-refractivity contribution is 7.92. The highest BCUT2D eigenvalue weighted by Crippen LogP contribution is 2.34. The van der Waals surface area contributed by atoms with E-state index in [4.69, 9.17) is 4.98 Å². The number of nitrogens with zero attached hydrogens (tertiary/aromatic N) is 3. The highest BCUT2D eigenvalue weighted by atomic mass is 32.2. The fourth-order valence-corrected chi connectivity index (χ4v) is 3.84. The molecule has 0 saturated carbocycles. The summed E-state index contributed by atoms with van der Waals surface area (Å²) in [5, 5.41) is 0. The second-order valence-corrected chi connectivity index (χ2v) is 9.30. The Bertz CT molecular complexity index is 1330. The summed E-state index contributed by atoms with van der Waals surface area (Å²) in [7, 11) is -1.84. The molecule has 31 heavy (non-hydrogen) atoms. The third kappa shape index (κ3) is 4.20. The van der Waals surface area contributed by atoms with Crippen LogP contribution in [0.25, 0.3) is 33.9 Å². The second kappa shape index (κ2) is 7.96. The highest BCUT2D eigenvalue weighted by Gasteiger charge is 2.18. The molecule has 0 saturated heterocycles. The largest absolute Gasteiger partial charge is 0.337 e. The van der Waals surface area contributed by atoms with Gasteiger partial charge in [0.25, 0.3) is 0 Å². The van der Waals surface area contributed by atoms with Gasteiger partial charge in [-0.05, 0) is 67.1 Å². The van der Waals surface area contributed by atoms with Crippen molar-refractivity contribution in [3.8, 4) is 33.9 Å². The van der Waals surface area contributed by atoms with Gasteiger partial charge in [-0.3, -0.25) is 9.29 Å². The Labute approximate surface area is 180 Å². The quantitative estimate of drug-likeness (QED) is 0.494. The van der Waals surface area contributed by atoms with Crippen molar-refractivity contribution >= 4 is 15.7 Å². The Kier molecular flexibility index (Phi) is 5.32. The van der Waals surface area contributed by atoms with Gasteiger partial charge in [0, 0.05) is 36.1 Å². The summed E-state index contributed by atoms with van der Waals surface area (Å²) >= 11 is 0. The van der Waals surface area contributed by atoms with Gasteiger partial charge in [-0.1, -0.05) is 0 Å². The molecule has 2 aromatic carbocycles. The number of hydrogen-bond donors (Lipinski definition) is 1. The first-order chi connectivity index (χ1) is 14.7. The number of pyridine rings is 1. The van der Waals surface area contributed by atoms with Gasteiger partial charge in [-0.15, -0.1) is 0 Å². The van der Waals surface area contributed by atoms with Gasteiger partial charge in [-0.25, -0.2) is 17.8 Å². The summed E-state index contributed by atoms with van der Waals surface area (Å²) in [6, 6.07) is 15.3. The number of rotatable bonds is 5. The normalized spacial score (nSPS) is 11.5. The number of aromatic amines is 1. The van der Waals surface area contributed by atoms with Crippen LogP contribution in [-0.2, 0) is 10.0 Å². The van der Waals surface area contributed by atoms with Gasteiger partial charge in [0.15, 0.2) is 0 Å². The van der Waals surface area contributed by atoms with Crippen LogP contribution in [0.4, 0.5) is 10.1 Å². The number of aromatic nitrogens is 3. The number of imidazole rings is 1. The van der Waals surface area contributed by atoms with E-state index < -0.39 is 10.0 Å². The fraction of sp³-hybridized carbons (Fsp3) is 0.130. The molecule has 4 rings (SSSR count). The van der Waals surface area contributed by atoms with Crippen LogP contribution in [0.15, 0.2) is 67.0 Å². The predicted octanol–water partition coefficient (Wildman–Crippen LogP) is 4.65. The van der Waals surface area contributed by atoms with Crippen LogP contribution in [0.2, 0.25) is 0 Å². The smallest absolute Gasteiger partial charge is 0.231 e. The van der Waals surface area contributed by atoms with E-state index in [-0.39, 0.29) is 5.82 Å². The Balaban J connectivity index is 1.84. The van der Waals surface area contributed by atoms with E-state index in [9.17, 15) is 12.8 Å². The van der Waals surface area contributed by atoms with Crippen molar-refractivity contribution < 1.29 is 12.8 Å². The second-order valence-electron chi connectivity index (χ2n) is 7.28. The molecule has 2 aromatic heterocycles. The van der Waals surface area contributed by atoms with Crippen molar-refractivity contribution in [2.24, 2.45) is 0 Å². The zero-order chi connectivity index (χ0) is 22.2. The topological polar surface area (TPSA) is 79.0 Å². The van der Waals surface area contributed by atoms with Gasteiger partial charge in [0.05, 0.1) is 23.3 Å². The maximum absolute atomic E-state index is 13.5. The van der Waals surface area contributed by atoms with E-state index in [2.05, 4.69) is 9.97 Å². The predicted molar refractivity (Wildman–Crippen MR) is 121 cm³/mol. The summed E-state index contributed by atoms with van der Waals surface area (Å²) in [6.07, 6.45) is 4.56. The minimum Gasteiger partial charge on any atom is -0.337 e. The average molecular weight is 437 g/mol. The first kappa shape index (κ1) is 20.7. The van der Waals surface area contributed by atoms with E-state index in [1.807, 2.05) is 31.2 Å². The molecular weight excluding hydrogens is 415 g/mol. The van der Waals surface area contributed by atoms with Crippen LogP contribution in [0, 0.1) is 12.7 Å². The van der Waals surface area contributed by atoms with Crippen LogP contribution in [0.3, 0.4) is 0 Å². The number of aryl methyl sites for hydroxylation is 1. The summed E-state index contributed by atoms with van der Waals surface area (Å²) in [4.78, 5) is 12.3. The fourth-order valence-electron chi connectivity index (χ4n) is 3.35. The number of sulfonamides is 1. The number of hydrogen-bond acceptors (Lipinski definition) is 4. The van der Waals surface area contributed by atoms with Crippen molar-refractivity contribution in [1.29, 1.82) is 0 Å². The van der Waals surface area contributed by atoms with Gasteiger partial charge in [-0.2, -0.15) is 0 Å². The molecule has 0 atom stereocenters. The minimum absolute atomic E-state index is 0.314. The molecule has 6 nitrogen and oxygen atoms in total. The molecule has 1 N–H and O–H groups in total. The molecule has 0 bridgehead atoms. The molecule has 0 aliphatic carbocycles. The maximum atomic E-state index is 13.5. The van der Waals surface area contributed by atoms with E-state index >= 15 is 0 Å². The van der Waals surface area contributed by atoms with Crippen LogP contribution in [0.1, 0.15) is 5.56 Å². The molecule has 0 aliphatic rings. The van der Waals surface area contributed by atoms with Crippen LogP contribution in [0.5, 0.6) is 0 Å². The standard InChI is InChI=1S/C23H21FN4O2S/c1-15-14-19(28(2)31(3,29)30)8-9-20(15)23-26-21(16-4-6-18(24)7-5-16)22(27-23)17-10-12-25-13-11-17/h4-14H,1-3H3,(H,26,27). The molecule has 4 aromatic rings. The van der Waals surface area contributed by atoms with Crippen LogP contribution in [-0.4, -0.2) is 36.7 Å². The van der Waals surface area contributed by atoms with E-state index in [1.165, 1.54) is 29.7 Å². The third-order valence-corrected chi connectivity index (χ3v) is 6.32. The Hall–Kier alpha value is -3.52.